The average Bonchev–Trinajstić information content (AvgIpc) is 2.78. The van der Waals surface area contributed by atoms with Gasteiger partial charge >= 0.3 is 0 Å². The van der Waals surface area contributed by atoms with Gasteiger partial charge in [0.05, 0.1) is 0 Å². The second kappa shape index (κ2) is 9.69. The first kappa shape index (κ1) is 20.3. The van der Waals surface area contributed by atoms with E-state index in [0.717, 1.165) is 29.7 Å². The van der Waals surface area contributed by atoms with Gasteiger partial charge in [-0.3, -0.25) is 9.59 Å². The van der Waals surface area contributed by atoms with Crippen LogP contribution in [0.15, 0.2) is 72.8 Å². The quantitative estimate of drug-likeness (QED) is 0.550. The smallest absolute Gasteiger partial charge is 0.262 e. The normalized spacial score (nSPS) is 10.4. The van der Waals surface area contributed by atoms with Crippen LogP contribution in [0, 0.1) is 0 Å². The van der Waals surface area contributed by atoms with Crippen molar-refractivity contribution in [1.82, 2.24) is 0 Å². The number of hydrogen-bond acceptors (Lipinski definition) is 3. The number of carbonyl (C=O) groups is 2. The zero-order valence-corrected chi connectivity index (χ0v) is 16.8. The molecule has 1 N–H and O–H groups in total. The summed E-state index contributed by atoms with van der Waals surface area (Å²) < 4.78 is 5.60. The predicted octanol–water partition coefficient (Wildman–Crippen LogP) is 5.06. The summed E-state index contributed by atoms with van der Waals surface area (Å²) in [6.45, 7) is 4.05. The molecule has 0 saturated heterocycles. The van der Waals surface area contributed by atoms with Gasteiger partial charge in [0.2, 0.25) is 0 Å². The molecule has 0 heterocycles. The largest absolute Gasteiger partial charge is 0.484 e. The van der Waals surface area contributed by atoms with E-state index in [4.69, 9.17) is 4.74 Å². The Morgan fingerprint density at radius 2 is 1.34 bits per heavy atom. The van der Waals surface area contributed by atoms with Crippen LogP contribution in [0.2, 0.25) is 0 Å². The second-order valence-corrected chi connectivity index (χ2v) is 6.71. The van der Waals surface area contributed by atoms with Gasteiger partial charge in [-0.15, -0.1) is 0 Å². The molecular formula is C25H25NO3. The Morgan fingerprint density at radius 1 is 0.759 bits per heavy atom. The fraction of sp³-hybridized carbons (Fsp3) is 0.200. The minimum Gasteiger partial charge on any atom is -0.484 e. The van der Waals surface area contributed by atoms with E-state index < -0.39 is 0 Å². The third kappa shape index (κ3) is 5.11. The maximum absolute atomic E-state index is 12.4. The van der Waals surface area contributed by atoms with Crippen LogP contribution in [0.3, 0.4) is 0 Å². The van der Waals surface area contributed by atoms with E-state index in [2.05, 4.69) is 19.2 Å². The first-order valence-electron chi connectivity index (χ1n) is 9.85. The van der Waals surface area contributed by atoms with Crippen LogP contribution in [0.4, 0.5) is 5.69 Å². The lowest BCUT2D eigenvalue weighted by Gasteiger charge is -2.14. The van der Waals surface area contributed by atoms with E-state index in [1.54, 1.807) is 36.4 Å². The molecule has 0 atom stereocenters. The molecule has 0 bridgehead atoms. The summed E-state index contributed by atoms with van der Waals surface area (Å²) >= 11 is 0. The molecule has 3 aromatic carbocycles. The van der Waals surface area contributed by atoms with Crippen LogP contribution >= 0.6 is 0 Å². The molecular weight excluding hydrogens is 362 g/mol. The van der Waals surface area contributed by atoms with Crippen LogP contribution < -0.4 is 10.1 Å². The fourth-order valence-electron chi connectivity index (χ4n) is 3.19. The Morgan fingerprint density at radius 3 is 1.93 bits per heavy atom. The zero-order valence-electron chi connectivity index (χ0n) is 16.8. The predicted molar refractivity (Wildman–Crippen MR) is 116 cm³/mol. The highest BCUT2D eigenvalue weighted by Crippen LogP contribution is 2.22. The van der Waals surface area contributed by atoms with Gasteiger partial charge in [-0.05, 0) is 48.2 Å². The number of benzene rings is 3. The van der Waals surface area contributed by atoms with Gasteiger partial charge < -0.3 is 10.1 Å². The molecule has 29 heavy (non-hydrogen) atoms. The van der Waals surface area contributed by atoms with Gasteiger partial charge in [-0.1, -0.05) is 62.4 Å². The van der Waals surface area contributed by atoms with Crippen molar-refractivity contribution in [3.05, 3.63) is 95.1 Å². The van der Waals surface area contributed by atoms with Crippen molar-refractivity contribution in [2.45, 2.75) is 26.7 Å². The highest BCUT2D eigenvalue weighted by atomic mass is 16.5. The molecule has 0 radical (unpaired) electrons. The molecule has 3 rings (SSSR count). The Hall–Kier alpha value is -3.40. The SMILES string of the molecule is CCc1cccc(CC)c1NC(=O)COc1ccc(C(=O)c2ccccc2)cc1. The van der Waals surface area contributed by atoms with Crippen molar-refractivity contribution in [3.63, 3.8) is 0 Å². The Labute approximate surface area is 171 Å². The zero-order chi connectivity index (χ0) is 20.6. The molecule has 0 aliphatic carbocycles. The van der Waals surface area contributed by atoms with Crippen LogP contribution in [0.1, 0.15) is 40.9 Å². The number of anilines is 1. The number of amides is 1. The minimum absolute atomic E-state index is 0.0434. The Bertz CT molecular complexity index is 956. The van der Waals surface area contributed by atoms with Crippen molar-refractivity contribution in [2.24, 2.45) is 0 Å². The lowest BCUT2D eigenvalue weighted by molar-refractivity contribution is -0.118. The number of ketones is 1. The lowest BCUT2D eigenvalue weighted by atomic mass is 10.0. The molecule has 3 aromatic rings. The van der Waals surface area contributed by atoms with Crippen molar-refractivity contribution in [3.8, 4) is 5.75 Å². The molecule has 4 nitrogen and oxygen atoms in total. The standard InChI is InChI=1S/C25H25NO3/c1-3-18-11-8-12-19(4-2)24(18)26-23(27)17-29-22-15-13-21(14-16-22)25(28)20-9-6-5-7-10-20/h5-16H,3-4,17H2,1-2H3,(H,26,27). The first-order valence-corrected chi connectivity index (χ1v) is 9.85. The molecule has 0 saturated carbocycles. The minimum atomic E-state index is -0.204. The lowest BCUT2D eigenvalue weighted by Crippen LogP contribution is -2.21. The van der Waals surface area contributed by atoms with E-state index in [-0.39, 0.29) is 18.3 Å². The summed E-state index contributed by atoms with van der Waals surface area (Å²) in [5.74, 6) is 0.299. The highest BCUT2D eigenvalue weighted by molar-refractivity contribution is 6.09. The summed E-state index contributed by atoms with van der Waals surface area (Å²) in [5.41, 5.74) is 4.33. The molecule has 1 amide bonds. The van der Waals surface area contributed by atoms with E-state index in [0.29, 0.717) is 16.9 Å². The second-order valence-electron chi connectivity index (χ2n) is 6.71. The molecule has 0 aliphatic heterocycles. The molecule has 0 spiro atoms. The van der Waals surface area contributed by atoms with Crippen molar-refractivity contribution >= 4 is 17.4 Å². The van der Waals surface area contributed by atoms with Crippen molar-refractivity contribution < 1.29 is 14.3 Å². The fourth-order valence-corrected chi connectivity index (χ4v) is 3.19. The molecule has 0 aromatic heterocycles. The van der Waals surface area contributed by atoms with Gasteiger partial charge in [-0.2, -0.15) is 0 Å². The van der Waals surface area contributed by atoms with Gasteiger partial charge in [-0.25, -0.2) is 0 Å². The van der Waals surface area contributed by atoms with E-state index in [1.807, 2.05) is 36.4 Å². The number of para-hydroxylation sites is 1. The summed E-state index contributed by atoms with van der Waals surface area (Å²) in [6, 6.07) is 22.0. The van der Waals surface area contributed by atoms with Crippen LogP contribution in [-0.2, 0) is 17.6 Å². The number of ether oxygens (including phenoxy) is 1. The summed E-state index contributed by atoms with van der Waals surface area (Å²) in [6.07, 6.45) is 1.70. The van der Waals surface area contributed by atoms with Crippen molar-refractivity contribution in [1.29, 1.82) is 0 Å². The van der Waals surface area contributed by atoms with Gasteiger partial charge in [0.25, 0.3) is 5.91 Å². The van der Waals surface area contributed by atoms with E-state index in [1.165, 1.54) is 0 Å². The van der Waals surface area contributed by atoms with Crippen LogP contribution in [0.5, 0.6) is 5.75 Å². The number of hydrogen-bond donors (Lipinski definition) is 1. The van der Waals surface area contributed by atoms with Crippen LogP contribution in [0.25, 0.3) is 0 Å². The monoisotopic (exact) mass is 387 g/mol. The molecule has 148 valence electrons. The van der Waals surface area contributed by atoms with Gasteiger partial charge in [0, 0.05) is 16.8 Å². The third-order valence-corrected chi connectivity index (χ3v) is 4.79. The Kier molecular flexibility index (Phi) is 6.80. The topological polar surface area (TPSA) is 55.4 Å². The molecule has 0 aliphatic rings. The number of nitrogens with one attached hydrogen (secondary N) is 1. The first-order chi connectivity index (χ1) is 14.1. The maximum Gasteiger partial charge on any atom is 0.262 e. The molecule has 0 unspecified atom stereocenters. The number of carbonyl (C=O) groups excluding carboxylic acids is 2. The molecule has 0 fully saturated rings. The highest BCUT2D eigenvalue weighted by Gasteiger charge is 2.12. The number of rotatable bonds is 8. The van der Waals surface area contributed by atoms with E-state index >= 15 is 0 Å². The summed E-state index contributed by atoms with van der Waals surface area (Å²) in [7, 11) is 0. The maximum atomic E-state index is 12.4. The Balaban J connectivity index is 1.61. The number of aryl methyl sites for hydroxylation is 2. The average molecular weight is 387 g/mol. The van der Waals surface area contributed by atoms with Crippen LogP contribution in [-0.4, -0.2) is 18.3 Å². The summed E-state index contributed by atoms with van der Waals surface area (Å²) in [4.78, 5) is 24.8. The van der Waals surface area contributed by atoms with Gasteiger partial charge in [0.1, 0.15) is 5.75 Å². The third-order valence-electron chi connectivity index (χ3n) is 4.79. The van der Waals surface area contributed by atoms with E-state index in [9.17, 15) is 9.59 Å². The van der Waals surface area contributed by atoms with Gasteiger partial charge in [0.15, 0.2) is 12.4 Å². The van der Waals surface area contributed by atoms with Crippen molar-refractivity contribution in [2.75, 3.05) is 11.9 Å². The summed E-state index contributed by atoms with van der Waals surface area (Å²) in [5, 5.41) is 2.98. The molecule has 4 heteroatoms.